The van der Waals surface area contributed by atoms with Crippen molar-refractivity contribution >= 4 is 21.6 Å². The van der Waals surface area contributed by atoms with E-state index in [9.17, 15) is 4.79 Å². The molecule has 1 heterocycles. The standard InChI is InChI=1S/C14H23BrN2O/c1-3-4-5-6-7-8-9-17-10-12(16)11(2)13(15)14(17)18/h10H,3-9,16H2,1-2H3. The normalized spacial score (nSPS) is 10.8. The average Bonchev–Trinajstić information content (AvgIpc) is 2.37. The van der Waals surface area contributed by atoms with Crippen LogP contribution in [0.3, 0.4) is 0 Å². The molecule has 0 unspecified atom stereocenters. The highest BCUT2D eigenvalue weighted by molar-refractivity contribution is 9.10. The number of hydrogen-bond acceptors (Lipinski definition) is 2. The molecule has 4 heteroatoms. The minimum Gasteiger partial charge on any atom is -0.397 e. The molecule has 0 aliphatic heterocycles. The molecule has 0 aromatic carbocycles. The fourth-order valence-electron chi connectivity index (χ4n) is 1.97. The number of rotatable bonds is 7. The van der Waals surface area contributed by atoms with Crippen molar-refractivity contribution < 1.29 is 0 Å². The molecular weight excluding hydrogens is 292 g/mol. The molecule has 2 N–H and O–H groups in total. The van der Waals surface area contributed by atoms with Crippen LogP contribution in [0.5, 0.6) is 0 Å². The van der Waals surface area contributed by atoms with Crippen molar-refractivity contribution in [3.05, 3.63) is 26.6 Å². The van der Waals surface area contributed by atoms with Gasteiger partial charge in [0.15, 0.2) is 0 Å². The molecule has 0 bridgehead atoms. The lowest BCUT2D eigenvalue weighted by Crippen LogP contribution is -2.22. The smallest absolute Gasteiger partial charge is 0.265 e. The van der Waals surface area contributed by atoms with Crippen LogP contribution in [0.4, 0.5) is 5.69 Å². The molecule has 0 amide bonds. The quantitative estimate of drug-likeness (QED) is 0.777. The molecule has 102 valence electrons. The Morgan fingerprint density at radius 1 is 1.22 bits per heavy atom. The molecule has 18 heavy (non-hydrogen) atoms. The zero-order chi connectivity index (χ0) is 13.5. The van der Waals surface area contributed by atoms with Gasteiger partial charge in [-0.15, -0.1) is 0 Å². The van der Waals surface area contributed by atoms with E-state index in [2.05, 4.69) is 22.9 Å². The number of anilines is 1. The zero-order valence-electron chi connectivity index (χ0n) is 11.3. The van der Waals surface area contributed by atoms with E-state index in [1.54, 1.807) is 10.8 Å². The van der Waals surface area contributed by atoms with E-state index in [1.165, 1.54) is 32.1 Å². The molecule has 0 saturated carbocycles. The Morgan fingerprint density at radius 2 is 1.83 bits per heavy atom. The molecule has 0 saturated heterocycles. The Hall–Kier alpha value is -0.770. The first kappa shape index (κ1) is 15.3. The van der Waals surface area contributed by atoms with E-state index in [4.69, 9.17) is 5.73 Å². The third-order valence-corrected chi connectivity index (χ3v) is 4.19. The molecule has 1 aromatic rings. The van der Waals surface area contributed by atoms with Gasteiger partial charge in [-0.25, -0.2) is 0 Å². The van der Waals surface area contributed by atoms with Gasteiger partial charge < -0.3 is 10.3 Å². The van der Waals surface area contributed by atoms with Crippen molar-refractivity contribution in [1.29, 1.82) is 0 Å². The summed E-state index contributed by atoms with van der Waals surface area (Å²) in [5.41, 5.74) is 7.40. The van der Waals surface area contributed by atoms with E-state index >= 15 is 0 Å². The molecule has 0 fully saturated rings. The molecule has 3 nitrogen and oxygen atoms in total. The molecule has 0 spiro atoms. The second-order valence-electron chi connectivity index (χ2n) is 4.79. The van der Waals surface area contributed by atoms with Crippen molar-refractivity contribution in [1.82, 2.24) is 4.57 Å². The van der Waals surface area contributed by atoms with Gasteiger partial charge >= 0.3 is 0 Å². The van der Waals surface area contributed by atoms with Crippen LogP contribution < -0.4 is 11.3 Å². The van der Waals surface area contributed by atoms with Crippen molar-refractivity contribution in [2.24, 2.45) is 0 Å². The summed E-state index contributed by atoms with van der Waals surface area (Å²) in [5.74, 6) is 0. The SMILES string of the molecule is CCCCCCCCn1cc(N)c(C)c(Br)c1=O. The summed E-state index contributed by atoms with van der Waals surface area (Å²) in [7, 11) is 0. The first-order valence-electron chi connectivity index (χ1n) is 6.73. The Balaban J connectivity index is 2.51. The van der Waals surface area contributed by atoms with E-state index in [0.29, 0.717) is 10.2 Å². The highest BCUT2D eigenvalue weighted by Crippen LogP contribution is 2.17. The van der Waals surface area contributed by atoms with Crippen molar-refractivity contribution in [3.63, 3.8) is 0 Å². The number of nitrogens with two attached hydrogens (primary N) is 1. The highest BCUT2D eigenvalue weighted by Gasteiger charge is 2.07. The van der Waals surface area contributed by atoms with Gasteiger partial charge in [0.25, 0.3) is 5.56 Å². The third-order valence-electron chi connectivity index (χ3n) is 3.26. The van der Waals surface area contributed by atoms with Crippen molar-refractivity contribution in [3.8, 4) is 0 Å². The Bertz CT molecular complexity index is 440. The summed E-state index contributed by atoms with van der Waals surface area (Å²) in [6.45, 7) is 4.83. The summed E-state index contributed by atoms with van der Waals surface area (Å²) in [6.07, 6.45) is 9.10. The van der Waals surface area contributed by atoms with Gasteiger partial charge in [0.2, 0.25) is 0 Å². The third kappa shape index (κ3) is 4.16. The lowest BCUT2D eigenvalue weighted by molar-refractivity contribution is 0.549. The Kier molecular flexibility index (Phi) is 6.47. The second-order valence-corrected chi connectivity index (χ2v) is 5.58. The number of nitrogen functional groups attached to an aromatic ring is 1. The molecule has 0 atom stereocenters. The highest BCUT2D eigenvalue weighted by atomic mass is 79.9. The summed E-state index contributed by atoms with van der Waals surface area (Å²) >= 11 is 3.31. The molecule has 0 radical (unpaired) electrons. The number of unbranched alkanes of at least 4 members (excludes halogenated alkanes) is 5. The van der Waals surface area contributed by atoms with Gasteiger partial charge in [-0.05, 0) is 34.8 Å². The molecule has 1 aromatic heterocycles. The van der Waals surface area contributed by atoms with Gasteiger partial charge in [0.05, 0.1) is 10.2 Å². The number of pyridine rings is 1. The van der Waals surface area contributed by atoms with E-state index in [0.717, 1.165) is 18.5 Å². The monoisotopic (exact) mass is 314 g/mol. The molecule has 1 rings (SSSR count). The van der Waals surface area contributed by atoms with Crippen LogP contribution in [0.15, 0.2) is 15.5 Å². The summed E-state index contributed by atoms with van der Waals surface area (Å²) in [5, 5.41) is 0. The first-order valence-corrected chi connectivity index (χ1v) is 7.52. The Labute approximate surface area is 118 Å². The number of nitrogens with zero attached hydrogens (tertiary/aromatic N) is 1. The van der Waals surface area contributed by atoms with Gasteiger partial charge in [-0.1, -0.05) is 39.0 Å². The fourth-order valence-corrected chi connectivity index (χ4v) is 2.42. The number of aryl methyl sites for hydroxylation is 1. The van der Waals surface area contributed by atoms with Gasteiger partial charge in [-0.2, -0.15) is 0 Å². The largest absolute Gasteiger partial charge is 0.397 e. The Morgan fingerprint density at radius 3 is 2.50 bits per heavy atom. The summed E-state index contributed by atoms with van der Waals surface area (Å²) in [6, 6.07) is 0. The maximum atomic E-state index is 12.0. The number of hydrogen-bond donors (Lipinski definition) is 1. The van der Waals surface area contributed by atoms with E-state index in [-0.39, 0.29) is 5.56 Å². The maximum absolute atomic E-state index is 12.0. The minimum absolute atomic E-state index is 0.0234. The summed E-state index contributed by atoms with van der Waals surface area (Å²) < 4.78 is 2.31. The van der Waals surface area contributed by atoms with Crippen LogP contribution in [-0.2, 0) is 6.54 Å². The first-order chi connectivity index (χ1) is 8.57. The number of aromatic nitrogens is 1. The molecule has 0 aliphatic rings. The molecular formula is C14H23BrN2O. The zero-order valence-corrected chi connectivity index (χ0v) is 12.9. The van der Waals surface area contributed by atoms with Crippen LogP contribution in [0, 0.1) is 6.92 Å². The van der Waals surface area contributed by atoms with E-state index in [1.807, 2.05) is 6.92 Å². The van der Waals surface area contributed by atoms with Crippen LogP contribution in [0.25, 0.3) is 0 Å². The fraction of sp³-hybridized carbons (Fsp3) is 0.643. The lowest BCUT2D eigenvalue weighted by atomic mass is 10.1. The van der Waals surface area contributed by atoms with Crippen molar-refractivity contribution in [2.45, 2.75) is 58.9 Å². The average molecular weight is 315 g/mol. The van der Waals surface area contributed by atoms with Crippen LogP contribution in [-0.4, -0.2) is 4.57 Å². The second kappa shape index (κ2) is 7.62. The van der Waals surface area contributed by atoms with Crippen LogP contribution in [0.1, 0.15) is 51.0 Å². The van der Waals surface area contributed by atoms with E-state index < -0.39 is 0 Å². The minimum atomic E-state index is 0.0234. The number of halogens is 1. The van der Waals surface area contributed by atoms with Gasteiger partial charge in [-0.3, -0.25) is 4.79 Å². The van der Waals surface area contributed by atoms with Gasteiger partial charge in [0, 0.05) is 12.7 Å². The van der Waals surface area contributed by atoms with Crippen molar-refractivity contribution in [2.75, 3.05) is 5.73 Å². The summed E-state index contributed by atoms with van der Waals surface area (Å²) in [4.78, 5) is 12.0. The van der Waals surface area contributed by atoms with Gasteiger partial charge in [0.1, 0.15) is 0 Å². The van der Waals surface area contributed by atoms with Crippen LogP contribution in [0.2, 0.25) is 0 Å². The topological polar surface area (TPSA) is 48.0 Å². The lowest BCUT2D eigenvalue weighted by Gasteiger charge is -2.10. The molecule has 0 aliphatic carbocycles. The predicted molar refractivity (Wildman–Crippen MR) is 80.9 cm³/mol. The maximum Gasteiger partial charge on any atom is 0.265 e. The predicted octanol–water partition coefficient (Wildman–Crippen LogP) is 3.86. The van der Waals surface area contributed by atoms with Crippen LogP contribution >= 0.6 is 15.9 Å².